The third-order valence-electron chi connectivity index (χ3n) is 12.2. The molecule has 3 rings (SSSR count). The van der Waals surface area contributed by atoms with Crippen LogP contribution < -0.4 is 5.73 Å². The van der Waals surface area contributed by atoms with Crippen LogP contribution in [0, 0.1) is 23.7 Å². The second kappa shape index (κ2) is 17.2. The van der Waals surface area contributed by atoms with E-state index in [1.165, 1.54) is 14.0 Å². The summed E-state index contributed by atoms with van der Waals surface area (Å²) in [5.74, 6) is -3.57. The van der Waals surface area contributed by atoms with Gasteiger partial charge in [-0.2, -0.15) is 0 Å². The van der Waals surface area contributed by atoms with Gasteiger partial charge in [0, 0.05) is 37.5 Å². The van der Waals surface area contributed by atoms with E-state index in [4.69, 9.17) is 34.2 Å². The maximum atomic E-state index is 14.1. The molecule has 3 aliphatic rings. The first-order valence-corrected chi connectivity index (χ1v) is 18.7. The van der Waals surface area contributed by atoms with Gasteiger partial charge in [-0.05, 0) is 80.8 Å². The second-order valence-corrected chi connectivity index (χ2v) is 16.8. The molecule has 3 fully saturated rings. The fraction of sp³-hybridized carbons (Fsp3) is 0.973. The van der Waals surface area contributed by atoms with Crippen molar-refractivity contribution in [3.05, 3.63) is 0 Å². The molecule has 0 amide bonds. The summed E-state index contributed by atoms with van der Waals surface area (Å²) in [6.07, 6.45) is -8.68. The minimum absolute atomic E-state index is 0.0888. The Morgan fingerprint density at radius 2 is 1.53 bits per heavy atom. The Morgan fingerprint density at radius 3 is 2.08 bits per heavy atom. The van der Waals surface area contributed by atoms with Crippen LogP contribution in [0.2, 0.25) is 0 Å². The van der Waals surface area contributed by atoms with Gasteiger partial charge in [-0.1, -0.05) is 27.7 Å². The number of hydrogen-bond donors (Lipinski definition) is 6. The normalized spacial score (nSPS) is 51.2. The number of carbonyl (C=O) groups is 1. The first kappa shape index (κ1) is 44.4. The molecule has 0 aromatic heterocycles. The zero-order valence-corrected chi connectivity index (χ0v) is 33.2. The van der Waals surface area contributed by atoms with E-state index in [0.29, 0.717) is 6.42 Å². The first-order valence-electron chi connectivity index (χ1n) is 18.7. The van der Waals surface area contributed by atoms with Crippen molar-refractivity contribution >= 4 is 5.97 Å². The van der Waals surface area contributed by atoms with E-state index in [1.54, 1.807) is 48.5 Å². The number of aliphatic hydroxyl groups excluding tert-OH is 3. The van der Waals surface area contributed by atoms with Crippen LogP contribution in [-0.2, 0) is 33.2 Å². The van der Waals surface area contributed by atoms with Gasteiger partial charge in [0.15, 0.2) is 12.6 Å². The third-order valence-corrected chi connectivity index (χ3v) is 12.2. The van der Waals surface area contributed by atoms with Crippen LogP contribution in [-0.4, -0.2) is 148 Å². The van der Waals surface area contributed by atoms with Crippen LogP contribution in [0.1, 0.15) is 94.9 Å². The average Bonchev–Trinajstić information content (AvgIpc) is 3.05. The fourth-order valence-electron chi connectivity index (χ4n) is 8.63. The van der Waals surface area contributed by atoms with Gasteiger partial charge in [0.05, 0.1) is 47.6 Å². The number of rotatable bonds is 7. The highest BCUT2D eigenvalue weighted by molar-refractivity contribution is 5.73. The van der Waals surface area contributed by atoms with Crippen molar-refractivity contribution < 1.29 is 58.7 Å². The fourth-order valence-corrected chi connectivity index (χ4v) is 8.63. The number of nitrogens with two attached hydrogens (primary N) is 1. The van der Waals surface area contributed by atoms with E-state index in [-0.39, 0.29) is 31.4 Å². The molecule has 3 aliphatic heterocycles. The maximum Gasteiger partial charge on any atom is 0.311 e. The lowest BCUT2D eigenvalue weighted by molar-refractivity contribution is -0.318. The molecule has 0 radical (unpaired) electrons. The zero-order chi connectivity index (χ0) is 39.0. The van der Waals surface area contributed by atoms with E-state index < -0.39 is 108 Å². The van der Waals surface area contributed by atoms with Crippen LogP contribution >= 0.6 is 0 Å². The summed E-state index contributed by atoms with van der Waals surface area (Å²) >= 11 is 0. The molecule has 3 heterocycles. The van der Waals surface area contributed by atoms with Crippen LogP contribution in [0.15, 0.2) is 0 Å². The largest absolute Gasteiger partial charge is 0.459 e. The molecule has 7 N–H and O–H groups in total. The van der Waals surface area contributed by atoms with Crippen molar-refractivity contribution in [2.75, 3.05) is 21.2 Å². The van der Waals surface area contributed by atoms with E-state index in [9.17, 15) is 30.3 Å². The molecular weight excluding hydrogens is 664 g/mol. The summed E-state index contributed by atoms with van der Waals surface area (Å²) < 4.78 is 37.3. The monoisotopic (exact) mass is 734 g/mol. The number of ether oxygens (including phenoxy) is 6. The number of hydrogen-bond acceptors (Lipinski definition) is 14. The summed E-state index contributed by atoms with van der Waals surface area (Å²) in [5, 5.41) is 58.0. The van der Waals surface area contributed by atoms with Crippen LogP contribution in [0.25, 0.3) is 0 Å². The number of methoxy groups -OCH3 is 1. The van der Waals surface area contributed by atoms with Gasteiger partial charge >= 0.3 is 5.97 Å². The molecule has 0 spiro atoms. The number of esters is 1. The van der Waals surface area contributed by atoms with Crippen LogP contribution in [0.5, 0.6) is 0 Å². The molecule has 0 unspecified atom stereocenters. The summed E-state index contributed by atoms with van der Waals surface area (Å²) in [7, 11) is 5.24. The van der Waals surface area contributed by atoms with Crippen molar-refractivity contribution in [2.45, 2.75) is 185 Å². The van der Waals surface area contributed by atoms with E-state index >= 15 is 0 Å². The second-order valence-electron chi connectivity index (χ2n) is 16.8. The number of likely N-dealkylation sites (N-methyl/N-ethyl adjacent to an activating group) is 1. The molecule has 14 nitrogen and oxygen atoms in total. The van der Waals surface area contributed by atoms with Gasteiger partial charge in [0.2, 0.25) is 0 Å². The lowest BCUT2D eigenvalue weighted by Gasteiger charge is -2.49. The lowest BCUT2D eigenvalue weighted by atomic mass is 9.72. The van der Waals surface area contributed by atoms with Crippen molar-refractivity contribution in [1.29, 1.82) is 0 Å². The zero-order valence-electron chi connectivity index (χ0n) is 33.2. The number of carbonyl (C=O) groups excluding carboxylic acids is 1. The quantitative estimate of drug-likeness (QED) is 0.206. The van der Waals surface area contributed by atoms with Crippen LogP contribution in [0.3, 0.4) is 0 Å². The molecule has 0 aromatic carbocycles. The third kappa shape index (κ3) is 9.63. The molecule has 14 heteroatoms. The highest BCUT2D eigenvalue weighted by Gasteiger charge is 2.53. The SMILES string of the molecule is CC[C@@H]1OC(=O)[C@H](C)[C@H](O[C@@H]2C[C@](C)(OC)[C@H](O)[C@H](C)O2)[C@H](C)[C@H](O[C@@H]2O[C@H](C)C[C@H](N(C)C)[C@@H]2O)[C@](C)(O)C[C@H](C)[C@H](N)[C@H](C)[C@@H](O)[C@]1(C)O. The number of nitrogens with zero attached hydrogens (tertiary/aromatic N) is 1. The highest BCUT2D eigenvalue weighted by atomic mass is 16.7. The molecule has 300 valence electrons. The predicted molar refractivity (Wildman–Crippen MR) is 189 cm³/mol. The molecule has 19 atom stereocenters. The summed E-state index contributed by atoms with van der Waals surface area (Å²) in [6, 6.07) is -0.983. The Labute approximate surface area is 305 Å². The Bertz CT molecular complexity index is 1130. The Balaban J connectivity index is 2.18. The molecule has 0 aromatic rings. The summed E-state index contributed by atoms with van der Waals surface area (Å²) in [5.41, 5.74) is 2.20. The first-order chi connectivity index (χ1) is 23.4. The van der Waals surface area contributed by atoms with Gasteiger partial charge in [-0.3, -0.25) is 4.79 Å². The Morgan fingerprint density at radius 1 is 0.922 bits per heavy atom. The van der Waals surface area contributed by atoms with Crippen molar-refractivity contribution in [1.82, 2.24) is 4.90 Å². The van der Waals surface area contributed by atoms with Crippen LogP contribution in [0.4, 0.5) is 0 Å². The summed E-state index contributed by atoms with van der Waals surface area (Å²) in [4.78, 5) is 16.0. The van der Waals surface area contributed by atoms with E-state index in [2.05, 4.69) is 0 Å². The van der Waals surface area contributed by atoms with E-state index in [0.717, 1.165) is 0 Å². The minimum atomic E-state index is -1.85. The van der Waals surface area contributed by atoms with Gasteiger partial charge < -0.3 is 64.6 Å². The maximum absolute atomic E-state index is 14.1. The minimum Gasteiger partial charge on any atom is -0.459 e. The Kier molecular flexibility index (Phi) is 15.0. The Hall–Kier alpha value is -1.01. The topological polar surface area (TPSA) is 203 Å². The smallest absolute Gasteiger partial charge is 0.311 e. The number of cyclic esters (lactones) is 1. The molecule has 0 bridgehead atoms. The summed E-state index contributed by atoms with van der Waals surface area (Å²) in [6.45, 7) is 17.2. The van der Waals surface area contributed by atoms with Crippen molar-refractivity contribution in [3.8, 4) is 0 Å². The van der Waals surface area contributed by atoms with E-state index in [1.807, 2.05) is 32.8 Å². The van der Waals surface area contributed by atoms with Gasteiger partial charge in [-0.25, -0.2) is 0 Å². The van der Waals surface area contributed by atoms with Gasteiger partial charge in [0.25, 0.3) is 0 Å². The standard InChI is InChI=1S/C37H70N2O12/c1-14-25-37(10,45)30(41)20(4)27(38)18(2)16-35(8,44)32(51-34-28(40)24(39(11)12)15-19(3)47-34)21(5)29(22(6)33(43)49-25)50-26-17-36(9,46-13)31(42)23(7)48-26/h18-32,34,40-42,44-45H,14-17,38H2,1-13H3/t18-,19+,20-,21-,22+,23-,24-,25-,26+,27-,28-,29+,30+,31+,32-,34-,35+,36-,37+/m0/s1. The molecule has 0 saturated carbocycles. The molecule has 3 saturated heterocycles. The van der Waals surface area contributed by atoms with Crippen molar-refractivity contribution in [2.24, 2.45) is 29.4 Å². The predicted octanol–water partition coefficient (Wildman–Crippen LogP) is 1.54. The van der Waals surface area contributed by atoms with Crippen molar-refractivity contribution in [3.63, 3.8) is 0 Å². The molecule has 0 aliphatic carbocycles. The highest BCUT2D eigenvalue weighted by Crippen LogP contribution is 2.41. The van der Waals surface area contributed by atoms with Gasteiger partial charge in [0.1, 0.15) is 23.9 Å². The average molecular weight is 735 g/mol. The number of aliphatic hydroxyl groups is 5. The molecular formula is C37H70N2O12. The van der Waals surface area contributed by atoms with Gasteiger partial charge in [-0.15, -0.1) is 0 Å². The molecule has 51 heavy (non-hydrogen) atoms. The lowest BCUT2D eigenvalue weighted by Crippen LogP contribution is -2.62.